The zero-order valence-corrected chi connectivity index (χ0v) is 12.1. The lowest BCUT2D eigenvalue weighted by molar-refractivity contribution is 0.415. The summed E-state index contributed by atoms with van der Waals surface area (Å²) < 4.78 is 5.19. The van der Waals surface area contributed by atoms with Gasteiger partial charge in [0, 0.05) is 18.7 Å². The number of nitrogens with two attached hydrogens (primary N) is 1. The second-order valence-electron chi connectivity index (χ2n) is 4.92. The van der Waals surface area contributed by atoms with Gasteiger partial charge < -0.3 is 15.4 Å². The van der Waals surface area contributed by atoms with Crippen molar-refractivity contribution in [3.8, 4) is 5.75 Å². The number of anilines is 2. The molecule has 0 radical (unpaired) electrons. The molecular formula is C15H26N2O. The van der Waals surface area contributed by atoms with E-state index in [9.17, 15) is 0 Å². The van der Waals surface area contributed by atoms with E-state index < -0.39 is 0 Å². The van der Waals surface area contributed by atoms with Gasteiger partial charge in [-0.1, -0.05) is 19.8 Å². The first kappa shape index (κ1) is 14.7. The van der Waals surface area contributed by atoms with Crippen LogP contribution in [0.1, 0.15) is 40.0 Å². The summed E-state index contributed by atoms with van der Waals surface area (Å²) in [7, 11) is 1.66. The predicted octanol–water partition coefficient (Wildman–Crippen LogP) is 3.68. The lowest BCUT2D eigenvalue weighted by Gasteiger charge is -2.30. The third-order valence-electron chi connectivity index (χ3n) is 3.17. The van der Waals surface area contributed by atoms with E-state index in [0.29, 0.717) is 6.04 Å². The minimum absolute atomic E-state index is 0.456. The average molecular weight is 250 g/mol. The number of nitrogen functional groups attached to an aromatic ring is 1. The van der Waals surface area contributed by atoms with Gasteiger partial charge in [-0.3, -0.25) is 0 Å². The van der Waals surface area contributed by atoms with Crippen LogP contribution < -0.4 is 15.4 Å². The van der Waals surface area contributed by atoms with Crippen LogP contribution in [0.2, 0.25) is 0 Å². The van der Waals surface area contributed by atoms with Crippen molar-refractivity contribution in [2.45, 2.75) is 46.1 Å². The van der Waals surface area contributed by atoms with Crippen LogP contribution in [0.4, 0.5) is 11.4 Å². The van der Waals surface area contributed by atoms with Gasteiger partial charge in [-0.25, -0.2) is 0 Å². The van der Waals surface area contributed by atoms with Crippen LogP contribution in [0, 0.1) is 0 Å². The fourth-order valence-corrected chi connectivity index (χ4v) is 2.11. The number of nitrogens with zero attached hydrogens (tertiary/aromatic N) is 1. The molecule has 0 aromatic heterocycles. The molecule has 1 aromatic carbocycles. The molecule has 102 valence electrons. The molecule has 0 aliphatic heterocycles. The second kappa shape index (κ2) is 7.14. The maximum atomic E-state index is 6.12. The largest absolute Gasteiger partial charge is 0.497 e. The van der Waals surface area contributed by atoms with E-state index in [1.54, 1.807) is 7.11 Å². The highest BCUT2D eigenvalue weighted by molar-refractivity contribution is 5.69. The standard InChI is InChI=1S/C15H26N2O/c1-5-6-7-10-17(12(2)3)15-9-8-13(18-4)11-14(15)16/h8-9,11-12H,5-7,10,16H2,1-4H3. The molecule has 1 rings (SSSR count). The number of benzene rings is 1. The fourth-order valence-electron chi connectivity index (χ4n) is 2.11. The zero-order chi connectivity index (χ0) is 13.5. The first-order valence-electron chi connectivity index (χ1n) is 6.80. The lowest BCUT2D eigenvalue weighted by Crippen LogP contribution is -2.32. The van der Waals surface area contributed by atoms with E-state index in [0.717, 1.165) is 23.7 Å². The molecule has 0 heterocycles. The summed E-state index contributed by atoms with van der Waals surface area (Å²) in [4.78, 5) is 2.37. The van der Waals surface area contributed by atoms with Crippen LogP contribution in [0.25, 0.3) is 0 Å². The van der Waals surface area contributed by atoms with Crippen LogP contribution in [0.15, 0.2) is 18.2 Å². The Morgan fingerprint density at radius 2 is 2.00 bits per heavy atom. The predicted molar refractivity (Wildman–Crippen MR) is 79.4 cm³/mol. The summed E-state index contributed by atoms with van der Waals surface area (Å²) in [6.45, 7) is 7.69. The molecule has 0 unspecified atom stereocenters. The van der Waals surface area contributed by atoms with E-state index in [2.05, 4.69) is 31.7 Å². The SMILES string of the molecule is CCCCCN(c1ccc(OC)cc1N)C(C)C. The monoisotopic (exact) mass is 250 g/mol. The molecule has 0 amide bonds. The fraction of sp³-hybridized carbons (Fsp3) is 0.600. The van der Waals surface area contributed by atoms with Crippen molar-refractivity contribution in [1.29, 1.82) is 0 Å². The van der Waals surface area contributed by atoms with Crippen molar-refractivity contribution in [1.82, 2.24) is 0 Å². The molecule has 3 nitrogen and oxygen atoms in total. The number of rotatable bonds is 7. The van der Waals surface area contributed by atoms with Gasteiger partial charge in [0.1, 0.15) is 5.75 Å². The third kappa shape index (κ3) is 3.83. The normalized spacial score (nSPS) is 10.7. The minimum atomic E-state index is 0.456. The maximum absolute atomic E-state index is 6.12. The third-order valence-corrected chi connectivity index (χ3v) is 3.17. The highest BCUT2D eigenvalue weighted by atomic mass is 16.5. The Morgan fingerprint density at radius 3 is 2.50 bits per heavy atom. The summed E-state index contributed by atoms with van der Waals surface area (Å²) in [5.74, 6) is 0.813. The Morgan fingerprint density at radius 1 is 1.28 bits per heavy atom. The average Bonchev–Trinajstić information content (AvgIpc) is 2.35. The van der Waals surface area contributed by atoms with Crippen molar-refractivity contribution in [2.75, 3.05) is 24.3 Å². The maximum Gasteiger partial charge on any atom is 0.121 e. The molecule has 0 atom stereocenters. The van der Waals surface area contributed by atoms with Crippen LogP contribution in [0.3, 0.4) is 0 Å². The summed E-state index contributed by atoms with van der Waals surface area (Å²) in [5.41, 5.74) is 8.02. The quantitative estimate of drug-likeness (QED) is 0.592. The molecule has 0 spiro atoms. The van der Waals surface area contributed by atoms with Crippen molar-refractivity contribution in [3.05, 3.63) is 18.2 Å². The van der Waals surface area contributed by atoms with E-state index in [4.69, 9.17) is 10.5 Å². The van der Waals surface area contributed by atoms with Crippen molar-refractivity contribution < 1.29 is 4.74 Å². The number of hydrogen-bond donors (Lipinski definition) is 1. The number of unbranched alkanes of at least 4 members (excludes halogenated alkanes) is 2. The van der Waals surface area contributed by atoms with Crippen LogP contribution in [0.5, 0.6) is 5.75 Å². The van der Waals surface area contributed by atoms with Gasteiger partial charge in [-0.2, -0.15) is 0 Å². The van der Waals surface area contributed by atoms with Gasteiger partial charge in [0.25, 0.3) is 0 Å². The van der Waals surface area contributed by atoms with Gasteiger partial charge in [0.15, 0.2) is 0 Å². The van der Waals surface area contributed by atoms with E-state index in [-0.39, 0.29) is 0 Å². The Bertz CT molecular complexity index is 364. The molecule has 0 aliphatic carbocycles. The topological polar surface area (TPSA) is 38.5 Å². The van der Waals surface area contributed by atoms with E-state index in [1.165, 1.54) is 19.3 Å². The van der Waals surface area contributed by atoms with E-state index in [1.807, 2.05) is 12.1 Å². The molecular weight excluding hydrogens is 224 g/mol. The molecule has 3 heteroatoms. The van der Waals surface area contributed by atoms with Crippen molar-refractivity contribution >= 4 is 11.4 Å². The Hall–Kier alpha value is -1.38. The Kier molecular flexibility index (Phi) is 5.83. The van der Waals surface area contributed by atoms with Gasteiger partial charge in [-0.05, 0) is 32.4 Å². The molecule has 2 N–H and O–H groups in total. The van der Waals surface area contributed by atoms with Crippen molar-refractivity contribution in [3.63, 3.8) is 0 Å². The second-order valence-corrected chi connectivity index (χ2v) is 4.92. The molecule has 0 bridgehead atoms. The smallest absolute Gasteiger partial charge is 0.121 e. The highest BCUT2D eigenvalue weighted by Gasteiger charge is 2.13. The minimum Gasteiger partial charge on any atom is -0.497 e. The lowest BCUT2D eigenvalue weighted by atomic mass is 10.1. The van der Waals surface area contributed by atoms with E-state index >= 15 is 0 Å². The summed E-state index contributed by atoms with van der Waals surface area (Å²) in [6.07, 6.45) is 3.71. The summed E-state index contributed by atoms with van der Waals surface area (Å²) in [5, 5.41) is 0. The first-order valence-corrected chi connectivity index (χ1v) is 6.80. The van der Waals surface area contributed by atoms with Crippen LogP contribution in [-0.2, 0) is 0 Å². The zero-order valence-electron chi connectivity index (χ0n) is 12.1. The number of hydrogen-bond acceptors (Lipinski definition) is 3. The molecule has 0 saturated carbocycles. The van der Waals surface area contributed by atoms with Crippen LogP contribution >= 0.6 is 0 Å². The molecule has 0 aliphatic rings. The Balaban J connectivity index is 2.84. The summed E-state index contributed by atoms with van der Waals surface area (Å²) >= 11 is 0. The molecule has 0 saturated heterocycles. The highest BCUT2D eigenvalue weighted by Crippen LogP contribution is 2.29. The van der Waals surface area contributed by atoms with Gasteiger partial charge in [0.2, 0.25) is 0 Å². The summed E-state index contributed by atoms with van der Waals surface area (Å²) in [6, 6.07) is 6.38. The molecule has 0 fully saturated rings. The van der Waals surface area contributed by atoms with Gasteiger partial charge >= 0.3 is 0 Å². The first-order chi connectivity index (χ1) is 8.60. The van der Waals surface area contributed by atoms with Gasteiger partial charge in [-0.15, -0.1) is 0 Å². The molecule has 1 aromatic rings. The molecule has 18 heavy (non-hydrogen) atoms. The number of ether oxygens (including phenoxy) is 1. The van der Waals surface area contributed by atoms with Crippen LogP contribution in [-0.4, -0.2) is 19.7 Å². The Labute approximate surface area is 111 Å². The van der Waals surface area contributed by atoms with Crippen molar-refractivity contribution in [2.24, 2.45) is 0 Å². The number of methoxy groups -OCH3 is 1. The van der Waals surface area contributed by atoms with Gasteiger partial charge in [0.05, 0.1) is 18.5 Å².